The van der Waals surface area contributed by atoms with Gasteiger partial charge in [-0.05, 0) is 31.4 Å². The molecule has 24 heavy (non-hydrogen) atoms. The van der Waals surface area contributed by atoms with Crippen LogP contribution in [-0.2, 0) is 16.4 Å². The number of halogens is 1. The molecule has 0 spiro atoms. The molecule has 1 atom stereocenters. The average Bonchev–Trinajstić information content (AvgIpc) is 3.07. The van der Waals surface area contributed by atoms with Gasteiger partial charge in [-0.15, -0.1) is 11.3 Å². The van der Waals surface area contributed by atoms with Crippen molar-refractivity contribution in [1.82, 2.24) is 14.3 Å². The Morgan fingerprint density at radius 1 is 1.38 bits per heavy atom. The molecule has 3 heterocycles. The molecule has 2 aromatic heterocycles. The van der Waals surface area contributed by atoms with E-state index in [4.69, 9.17) is 16.3 Å². The van der Waals surface area contributed by atoms with Gasteiger partial charge < -0.3 is 4.74 Å². The van der Waals surface area contributed by atoms with Gasteiger partial charge in [0.1, 0.15) is 10.3 Å². The molecule has 1 saturated heterocycles. The molecule has 1 unspecified atom stereocenters. The molecule has 1 fully saturated rings. The molecule has 3 rings (SSSR count). The average molecular weight is 388 g/mol. The first kappa shape index (κ1) is 17.6. The molecule has 6 nitrogen and oxygen atoms in total. The van der Waals surface area contributed by atoms with E-state index < -0.39 is 10.0 Å². The Balaban J connectivity index is 1.71. The highest BCUT2D eigenvalue weighted by molar-refractivity contribution is 7.91. The van der Waals surface area contributed by atoms with Gasteiger partial charge in [0.2, 0.25) is 0 Å². The summed E-state index contributed by atoms with van der Waals surface area (Å²) in [5.74, 6) is 0. The zero-order valence-corrected chi connectivity index (χ0v) is 15.6. The first-order valence-corrected chi connectivity index (χ1v) is 10.4. The summed E-state index contributed by atoms with van der Waals surface area (Å²) in [7, 11) is -3.47. The lowest BCUT2D eigenvalue weighted by molar-refractivity contribution is 0.119. The second-order valence-corrected chi connectivity index (χ2v) is 9.27. The predicted octanol–water partition coefficient (Wildman–Crippen LogP) is 2.99. The molecule has 1 aliphatic rings. The van der Waals surface area contributed by atoms with Crippen molar-refractivity contribution in [3.05, 3.63) is 34.4 Å². The van der Waals surface area contributed by atoms with Gasteiger partial charge in [-0.3, -0.25) is 0 Å². The van der Waals surface area contributed by atoms with Gasteiger partial charge in [-0.1, -0.05) is 18.5 Å². The zero-order valence-electron chi connectivity index (χ0n) is 13.2. The maximum Gasteiger partial charge on any atom is 0.316 e. The summed E-state index contributed by atoms with van der Waals surface area (Å²) in [4.78, 5) is 9.06. The summed E-state index contributed by atoms with van der Waals surface area (Å²) in [5.41, 5.74) is 0. The molecule has 130 valence electrons. The number of hydrogen-bond acceptors (Lipinski definition) is 6. The summed E-state index contributed by atoms with van der Waals surface area (Å²) in [6.07, 6.45) is 4.99. The molecule has 2 aromatic rings. The van der Waals surface area contributed by atoms with Crippen molar-refractivity contribution in [2.45, 2.75) is 36.5 Å². The number of ether oxygens (including phenoxy) is 1. The highest BCUT2D eigenvalue weighted by Gasteiger charge is 2.32. The Morgan fingerprint density at radius 2 is 2.12 bits per heavy atom. The van der Waals surface area contributed by atoms with Crippen LogP contribution in [0.15, 0.2) is 28.7 Å². The van der Waals surface area contributed by atoms with Crippen LogP contribution in [0.3, 0.4) is 0 Å². The minimum absolute atomic E-state index is 0.216. The normalized spacial score (nSPS) is 19.3. The number of piperidine rings is 1. The third-order valence-corrected chi connectivity index (χ3v) is 7.55. The fourth-order valence-electron chi connectivity index (χ4n) is 2.54. The molecule has 0 aromatic carbocycles. The van der Waals surface area contributed by atoms with Crippen LogP contribution in [-0.4, -0.2) is 41.9 Å². The van der Waals surface area contributed by atoms with Gasteiger partial charge in [-0.2, -0.15) is 4.31 Å². The molecule has 1 aliphatic heterocycles. The first-order chi connectivity index (χ1) is 11.5. The minimum Gasteiger partial charge on any atom is -0.459 e. The van der Waals surface area contributed by atoms with Crippen molar-refractivity contribution in [1.29, 1.82) is 0 Å². The monoisotopic (exact) mass is 387 g/mol. The zero-order chi connectivity index (χ0) is 17.2. The van der Waals surface area contributed by atoms with Crippen LogP contribution < -0.4 is 4.74 Å². The van der Waals surface area contributed by atoms with E-state index in [1.54, 1.807) is 6.07 Å². The molecule has 9 heteroatoms. The maximum absolute atomic E-state index is 12.8. The Labute approximate surface area is 150 Å². The van der Waals surface area contributed by atoms with Gasteiger partial charge in [0, 0.05) is 11.4 Å². The number of aromatic nitrogens is 2. The van der Waals surface area contributed by atoms with Crippen molar-refractivity contribution >= 4 is 33.0 Å². The smallest absolute Gasteiger partial charge is 0.316 e. The van der Waals surface area contributed by atoms with E-state index in [0.29, 0.717) is 22.3 Å². The van der Waals surface area contributed by atoms with Crippen molar-refractivity contribution in [3.63, 3.8) is 0 Å². The standard InChI is InChI=1S/C15H18ClN3O3S2/c1-2-13-5-6-14(23-13)24(20,21)19-7-3-4-12(10-19)22-15-17-8-11(16)9-18-15/h5-6,8-9,12H,2-4,7,10H2,1H3. The molecular formula is C15H18ClN3O3S2. The van der Waals surface area contributed by atoms with E-state index in [-0.39, 0.29) is 12.1 Å². The highest BCUT2D eigenvalue weighted by Crippen LogP contribution is 2.28. The minimum atomic E-state index is -3.47. The van der Waals surface area contributed by atoms with Crippen LogP contribution in [0.4, 0.5) is 0 Å². The Hall–Kier alpha value is -1.22. The fraction of sp³-hybridized carbons (Fsp3) is 0.467. The lowest BCUT2D eigenvalue weighted by Crippen LogP contribution is -2.44. The van der Waals surface area contributed by atoms with Gasteiger partial charge in [0.25, 0.3) is 10.0 Å². The number of sulfonamides is 1. The summed E-state index contributed by atoms with van der Waals surface area (Å²) >= 11 is 7.08. The van der Waals surface area contributed by atoms with E-state index >= 15 is 0 Å². The molecule has 0 radical (unpaired) electrons. The number of nitrogens with zero attached hydrogens (tertiary/aromatic N) is 3. The summed E-state index contributed by atoms with van der Waals surface area (Å²) in [6, 6.07) is 3.77. The van der Waals surface area contributed by atoms with Crippen LogP contribution in [0.25, 0.3) is 0 Å². The van der Waals surface area contributed by atoms with Crippen LogP contribution >= 0.6 is 22.9 Å². The van der Waals surface area contributed by atoms with Gasteiger partial charge in [0.05, 0.1) is 24.0 Å². The van der Waals surface area contributed by atoms with E-state index in [1.807, 2.05) is 13.0 Å². The second kappa shape index (κ2) is 7.35. The van der Waals surface area contributed by atoms with Crippen LogP contribution in [0, 0.1) is 0 Å². The van der Waals surface area contributed by atoms with Gasteiger partial charge in [-0.25, -0.2) is 18.4 Å². The highest BCUT2D eigenvalue weighted by atomic mass is 35.5. The number of aryl methyl sites for hydroxylation is 1. The van der Waals surface area contributed by atoms with Crippen LogP contribution in [0.1, 0.15) is 24.6 Å². The van der Waals surface area contributed by atoms with Gasteiger partial charge in [0.15, 0.2) is 0 Å². The fourth-order valence-corrected chi connectivity index (χ4v) is 5.60. The number of hydrogen-bond donors (Lipinski definition) is 0. The Morgan fingerprint density at radius 3 is 2.79 bits per heavy atom. The molecule has 0 aliphatic carbocycles. The summed E-state index contributed by atoms with van der Waals surface area (Å²) < 4.78 is 33.2. The van der Waals surface area contributed by atoms with Gasteiger partial charge >= 0.3 is 6.01 Å². The topological polar surface area (TPSA) is 72.4 Å². The molecule has 0 saturated carbocycles. The number of thiophene rings is 1. The lowest BCUT2D eigenvalue weighted by Gasteiger charge is -2.31. The van der Waals surface area contributed by atoms with E-state index in [1.165, 1.54) is 28.0 Å². The SMILES string of the molecule is CCc1ccc(S(=O)(=O)N2CCCC(Oc3ncc(Cl)cn3)C2)s1. The summed E-state index contributed by atoms with van der Waals surface area (Å²) in [6.45, 7) is 2.82. The van der Waals surface area contributed by atoms with Crippen molar-refractivity contribution in [3.8, 4) is 6.01 Å². The largest absolute Gasteiger partial charge is 0.459 e. The van der Waals surface area contributed by atoms with Crippen molar-refractivity contribution in [2.75, 3.05) is 13.1 Å². The third kappa shape index (κ3) is 3.88. The maximum atomic E-state index is 12.8. The Kier molecular flexibility index (Phi) is 5.39. The molecular weight excluding hydrogens is 370 g/mol. The number of rotatable bonds is 5. The first-order valence-electron chi connectivity index (χ1n) is 7.72. The summed E-state index contributed by atoms with van der Waals surface area (Å²) in [5, 5.41) is 0.430. The van der Waals surface area contributed by atoms with Crippen LogP contribution in [0.2, 0.25) is 5.02 Å². The quantitative estimate of drug-likeness (QED) is 0.788. The van der Waals surface area contributed by atoms with E-state index in [2.05, 4.69) is 9.97 Å². The van der Waals surface area contributed by atoms with Crippen molar-refractivity contribution < 1.29 is 13.2 Å². The second-order valence-electron chi connectivity index (χ2n) is 5.50. The Bertz CT molecular complexity index is 793. The molecule has 0 N–H and O–H groups in total. The predicted molar refractivity (Wildman–Crippen MR) is 93.1 cm³/mol. The van der Waals surface area contributed by atoms with E-state index in [9.17, 15) is 8.42 Å². The lowest BCUT2D eigenvalue weighted by atomic mass is 10.1. The van der Waals surface area contributed by atoms with Crippen LogP contribution in [0.5, 0.6) is 6.01 Å². The molecule has 0 bridgehead atoms. The third-order valence-electron chi connectivity index (χ3n) is 3.79. The van der Waals surface area contributed by atoms with E-state index in [0.717, 1.165) is 24.1 Å². The molecule has 0 amide bonds. The van der Waals surface area contributed by atoms with Crippen molar-refractivity contribution in [2.24, 2.45) is 0 Å².